The van der Waals surface area contributed by atoms with Gasteiger partial charge in [-0.1, -0.05) is 6.92 Å². The maximum atomic E-state index is 12.0. The van der Waals surface area contributed by atoms with E-state index in [1.165, 1.54) is 17.3 Å². The predicted octanol–water partition coefficient (Wildman–Crippen LogP) is 1.28. The highest BCUT2D eigenvalue weighted by Gasteiger charge is 2.17. The number of hydrogen-bond acceptors (Lipinski definition) is 5. The molecule has 1 unspecified atom stereocenters. The molecular formula is C11H14ClN5O2S. The number of anilines is 1. The first-order valence-corrected chi connectivity index (χ1v) is 8.07. The molecule has 1 N–H and O–H groups in total. The van der Waals surface area contributed by atoms with Crippen LogP contribution in [-0.4, -0.2) is 39.8 Å². The van der Waals surface area contributed by atoms with Crippen LogP contribution < -0.4 is 4.72 Å². The lowest BCUT2D eigenvalue weighted by atomic mass is 10.3. The number of hydrogen-bond donors (Lipinski definition) is 1. The Morgan fingerprint density at radius 3 is 2.95 bits per heavy atom. The fraction of sp³-hybridized carbons (Fsp3) is 0.364. The van der Waals surface area contributed by atoms with Crippen LogP contribution in [0.3, 0.4) is 0 Å². The Balaban J connectivity index is 2.26. The molecule has 0 spiro atoms. The lowest BCUT2D eigenvalue weighted by Gasteiger charge is -2.13. The third-order valence-corrected chi connectivity index (χ3v) is 4.52. The number of nitrogens with zero attached hydrogens (tertiary/aromatic N) is 4. The summed E-state index contributed by atoms with van der Waals surface area (Å²) >= 11 is 5.65. The summed E-state index contributed by atoms with van der Waals surface area (Å²) in [5, 5.41) is 3.94. The minimum atomic E-state index is -3.50. The summed E-state index contributed by atoms with van der Waals surface area (Å²) in [7, 11) is -3.50. The van der Waals surface area contributed by atoms with E-state index in [0.29, 0.717) is 11.5 Å². The van der Waals surface area contributed by atoms with Crippen LogP contribution in [0.15, 0.2) is 31.0 Å². The van der Waals surface area contributed by atoms with Crippen molar-refractivity contribution in [2.75, 3.05) is 16.4 Å². The fourth-order valence-electron chi connectivity index (χ4n) is 1.61. The summed E-state index contributed by atoms with van der Waals surface area (Å²) in [5.74, 6) is 0.458. The van der Waals surface area contributed by atoms with Gasteiger partial charge in [-0.05, 0) is 18.1 Å². The SMILES string of the molecule is CC(CCl)CS(=O)(=O)Nc1cccnc1-n1cncn1. The van der Waals surface area contributed by atoms with Gasteiger partial charge in [0.15, 0.2) is 5.82 Å². The highest BCUT2D eigenvalue weighted by atomic mass is 35.5. The van der Waals surface area contributed by atoms with Crippen molar-refractivity contribution in [2.24, 2.45) is 5.92 Å². The second-order valence-corrected chi connectivity index (χ2v) is 6.43. The second-order valence-electron chi connectivity index (χ2n) is 4.36. The summed E-state index contributed by atoms with van der Waals surface area (Å²) in [6, 6.07) is 3.26. The normalized spacial score (nSPS) is 13.1. The van der Waals surface area contributed by atoms with Gasteiger partial charge in [0.25, 0.3) is 0 Å². The van der Waals surface area contributed by atoms with Crippen LogP contribution in [0.1, 0.15) is 6.92 Å². The van der Waals surface area contributed by atoms with Crippen molar-refractivity contribution in [1.29, 1.82) is 0 Å². The fourth-order valence-corrected chi connectivity index (χ4v) is 3.29. The number of pyridine rings is 1. The first-order valence-electron chi connectivity index (χ1n) is 5.88. The Labute approximate surface area is 122 Å². The predicted molar refractivity (Wildman–Crippen MR) is 76.4 cm³/mol. The monoisotopic (exact) mass is 315 g/mol. The van der Waals surface area contributed by atoms with Crippen LogP contribution in [-0.2, 0) is 10.0 Å². The van der Waals surface area contributed by atoms with Crippen molar-refractivity contribution in [1.82, 2.24) is 19.7 Å². The maximum Gasteiger partial charge on any atom is 0.233 e. The van der Waals surface area contributed by atoms with Crippen LogP contribution >= 0.6 is 11.6 Å². The molecule has 0 aliphatic heterocycles. The van der Waals surface area contributed by atoms with E-state index >= 15 is 0 Å². The van der Waals surface area contributed by atoms with Gasteiger partial charge in [0.2, 0.25) is 10.0 Å². The number of halogens is 1. The van der Waals surface area contributed by atoms with E-state index in [1.807, 2.05) is 0 Å². The average Bonchev–Trinajstić information content (AvgIpc) is 2.92. The first kappa shape index (κ1) is 14.7. The summed E-state index contributed by atoms with van der Waals surface area (Å²) in [5.41, 5.74) is 0.347. The molecule has 0 aliphatic rings. The lowest BCUT2D eigenvalue weighted by Crippen LogP contribution is -2.23. The molecule has 2 aromatic rings. The Morgan fingerprint density at radius 2 is 2.30 bits per heavy atom. The van der Waals surface area contributed by atoms with E-state index in [-0.39, 0.29) is 17.6 Å². The molecule has 1 atom stereocenters. The molecule has 108 valence electrons. The Bertz CT molecular complexity index is 659. The lowest BCUT2D eigenvalue weighted by molar-refractivity contribution is 0.588. The molecule has 2 aromatic heterocycles. The summed E-state index contributed by atoms with van der Waals surface area (Å²) < 4.78 is 28.0. The van der Waals surface area contributed by atoms with E-state index in [2.05, 4.69) is 19.8 Å². The third kappa shape index (κ3) is 3.67. The molecule has 0 fully saturated rings. The van der Waals surface area contributed by atoms with Gasteiger partial charge in [-0.25, -0.2) is 23.1 Å². The van der Waals surface area contributed by atoms with E-state index in [0.717, 1.165) is 0 Å². The van der Waals surface area contributed by atoms with Crippen LogP contribution in [0, 0.1) is 5.92 Å². The molecule has 2 rings (SSSR count). The standard InChI is InChI=1S/C11H14ClN5O2S/c1-9(5-12)6-20(18,19)16-10-3-2-4-14-11(10)17-8-13-7-15-17/h2-4,7-9,16H,5-6H2,1H3. The second kappa shape index (κ2) is 6.19. The average molecular weight is 316 g/mol. The molecule has 0 aromatic carbocycles. The van der Waals surface area contributed by atoms with E-state index in [4.69, 9.17) is 11.6 Å². The highest BCUT2D eigenvalue weighted by Crippen LogP contribution is 2.18. The van der Waals surface area contributed by atoms with Crippen molar-refractivity contribution in [3.63, 3.8) is 0 Å². The largest absolute Gasteiger partial charge is 0.280 e. The third-order valence-electron chi connectivity index (χ3n) is 2.46. The van der Waals surface area contributed by atoms with Gasteiger partial charge in [-0.3, -0.25) is 4.72 Å². The van der Waals surface area contributed by atoms with Gasteiger partial charge >= 0.3 is 0 Å². The van der Waals surface area contributed by atoms with E-state index in [1.54, 1.807) is 25.3 Å². The molecule has 7 nitrogen and oxygen atoms in total. The summed E-state index contributed by atoms with van der Waals surface area (Å²) in [6.45, 7) is 1.77. The molecule has 0 bridgehead atoms. The smallest absolute Gasteiger partial charge is 0.233 e. The minimum Gasteiger partial charge on any atom is -0.280 e. The van der Waals surface area contributed by atoms with Crippen LogP contribution in [0.4, 0.5) is 5.69 Å². The van der Waals surface area contributed by atoms with Gasteiger partial charge in [0.1, 0.15) is 12.7 Å². The molecule has 0 aliphatic carbocycles. The molecule has 2 heterocycles. The number of alkyl halides is 1. The zero-order valence-corrected chi connectivity index (χ0v) is 12.3. The van der Waals surface area contributed by atoms with Crippen LogP contribution in [0.25, 0.3) is 5.82 Å². The van der Waals surface area contributed by atoms with Gasteiger partial charge in [-0.15, -0.1) is 11.6 Å². The number of aromatic nitrogens is 4. The minimum absolute atomic E-state index is 0.0534. The number of rotatable bonds is 6. The number of sulfonamides is 1. The quantitative estimate of drug-likeness (QED) is 0.811. The van der Waals surface area contributed by atoms with Gasteiger partial charge in [0.05, 0.1) is 11.4 Å². The zero-order chi connectivity index (χ0) is 14.6. The molecular weight excluding hydrogens is 302 g/mol. The van der Waals surface area contributed by atoms with E-state index in [9.17, 15) is 8.42 Å². The zero-order valence-electron chi connectivity index (χ0n) is 10.8. The van der Waals surface area contributed by atoms with Crippen LogP contribution in [0.2, 0.25) is 0 Å². The first-order chi connectivity index (χ1) is 9.52. The van der Waals surface area contributed by atoms with Gasteiger partial charge in [0, 0.05) is 12.1 Å². The summed E-state index contributed by atoms with van der Waals surface area (Å²) in [4.78, 5) is 7.93. The van der Waals surface area contributed by atoms with E-state index < -0.39 is 10.0 Å². The topological polar surface area (TPSA) is 89.8 Å². The van der Waals surface area contributed by atoms with Crippen molar-refractivity contribution < 1.29 is 8.42 Å². The molecule has 0 radical (unpaired) electrons. The molecule has 0 amide bonds. The number of nitrogens with one attached hydrogen (secondary N) is 1. The maximum absolute atomic E-state index is 12.0. The highest BCUT2D eigenvalue weighted by molar-refractivity contribution is 7.92. The van der Waals surface area contributed by atoms with Crippen molar-refractivity contribution in [3.05, 3.63) is 31.0 Å². The summed E-state index contributed by atoms with van der Waals surface area (Å²) in [6.07, 6.45) is 4.35. The van der Waals surface area contributed by atoms with Crippen LogP contribution in [0.5, 0.6) is 0 Å². The van der Waals surface area contributed by atoms with Gasteiger partial charge in [-0.2, -0.15) is 5.10 Å². The Kier molecular flexibility index (Phi) is 4.56. The molecule has 0 saturated carbocycles. The Morgan fingerprint density at radius 1 is 1.50 bits per heavy atom. The molecule has 9 heteroatoms. The van der Waals surface area contributed by atoms with Gasteiger partial charge < -0.3 is 0 Å². The van der Waals surface area contributed by atoms with Crippen molar-refractivity contribution in [2.45, 2.75) is 6.92 Å². The molecule has 0 saturated heterocycles. The van der Waals surface area contributed by atoms with Crippen molar-refractivity contribution >= 4 is 27.3 Å². The molecule has 20 heavy (non-hydrogen) atoms. The van der Waals surface area contributed by atoms with Crippen molar-refractivity contribution in [3.8, 4) is 5.82 Å². The Hall–Kier alpha value is -1.67.